The van der Waals surface area contributed by atoms with Crippen LogP contribution in [0.25, 0.3) is 16.3 Å². The van der Waals surface area contributed by atoms with Crippen LogP contribution in [0.3, 0.4) is 0 Å². The molecule has 130 valence electrons. The smallest absolute Gasteiger partial charge is 0.189 e. The van der Waals surface area contributed by atoms with E-state index in [1.165, 1.54) is 40.8 Å². The number of benzene rings is 2. The van der Waals surface area contributed by atoms with Gasteiger partial charge < -0.3 is 5.32 Å². The number of hydrogen-bond acceptors (Lipinski definition) is 5. The molecular formula is C18H13F2N5S. The molecule has 0 atom stereocenters. The first-order chi connectivity index (χ1) is 12.6. The van der Waals surface area contributed by atoms with Gasteiger partial charge in [-0.1, -0.05) is 29.0 Å². The van der Waals surface area contributed by atoms with Crippen molar-refractivity contribution in [2.24, 2.45) is 0 Å². The van der Waals surface area contributed by atoms with Crippen LogP contribution >= 0.6 is 11.3 Å². The molecule has 0 aliphatic rings. The van der Waals surface area contributed by atoms with Crippen LogP contribution in [0.5, 0.6) is 0 Å². The van der Waals surface area contributed by atoms with Gasteiger partial charge in [0.25, 0.3) is 0 Å². The second kappa shape index (κ2) is 6.64. The lowest BCUT2D eigenvalue weighted by molar-refractivity contribution is 0.585. The Bertz CT molecular complexity index is 1040. The summed E-state index contributed by atoms with van der Waals surface area (Å²) in [6, 6.07) is 11.2. The quantitative estimate of drug-likeness (QED) is 0.565. The summed E-state index contributed by atoms with van der Waals surface area (Å²) in [6.07, 6.45) is 2.89. The summed E-state index contributed by atoms with van der Waals surface area (Å²) in [7, 11) is 0. The van der Waals surface area contributed by atoms with Crippen molar-refractivity contribution >= 4 is 22.2 Å². The number of nitrogens with one attached hydrogen (secondary N) is 1. The molecule has 0 unspecified atom stereocenters. The van der Waals surface area contributed by atoms with E-state index in [4.69, 9.17) is 0 Å². The topological polar surface area (TPSA) is 55.6 Å². The van der Waals surface area contributed by atoms with Gasteiger partial charge in [0, 0.05) is 17.3 Å². The molecule has 0 fully saturated rings. The van der Waals surface area contributed by atoms with Crippen LogP contribution in [0.4, 0.5) is 19.6 Å². The lowest BCUT2D eigenvalue weighted by atomic mass is 10.1. The zero-order chi connectivity index (χ0) is 18.1. The fraction of sp³-hybridized carbons (Fsp3) is 0.0556. The number of rotatable bonds is 4. The second-order valence-electron chi connectivity index (χ2n) is 5.63. The first-order valence-corrected chi connectivity index (χ1v) is 8.57. The van der Waals surface area contributed by atoms with E-state index in [2.05, 4.69) is 20.4 Å². The van der Waals surface area contributed by atoms with E-state index in [0.717, 1.165) is 17.3 Å². The number of anilines is 2. The molecule has 4 rings (SSSR count). The highest BCUT2D eigenvalue weighted by molar-refractivity contribution is 7.18. The Morgan fingerprint density at radius 3 is 2.58 bits per heavy atom. The molecular weight excluding hydrogens is 356 g/mol. The summed E-state index contributed by atoms with van der Waals surface area (Å²) in [5.74, 6) is -1.32. The van der Waals surface area contributed by atoms with E-state index in [9.17, 15) is 8.78 Å². The third-order valence-electron chi connectivity index (χ3n) is 3.73. The lowest BCUT2D eigenvalue weighted by Gasteiger charge is -2.03. The van der Waals surface area contributed by atoms with E-state index >= 15 is 0 Å². The molecule has 0 radical (unpaired) electrons. The maximum atomic E-state index is 14.3. The van der Waals surface area contributed by atoms with Crippen LogP contribution in [0.1, 0.15) is 5.56 Å². The molecule has 1 N–H and O–H groups in total. The molecule has 0 spiro atoms. The number of nitrogens with zero attached hydrogens (tertiary/aromatic N) is 4. The van der Waals surface area contributed by atoms with Gasteiger partial charge in [-0.05, 0) is 31.2 Å². The van der Waals surface area contributed by atoms with Crippen molar-refractivity contribution in [3.05, 3.63) is 72.3 Å². The highest BCUT2D eigenvalue weighted by Crippen LogP contribution is 2.36. The SMILES string of the molecule is Cc1ccc(Nc2nc(-c3ccc(F)cc3F)c(-n3cncn3)s2)cc1. The molecule has 0 amide bonds. The molecule has 5 nitrogen and oxygen atoms in total. The van der Waals surface area contributed by atoms with Crippen LogP contribution in [-0.4, -0.2) is 19.7 Å². The van der Waals surface area contributed by atoms with Gasteiger partial charge in [0.15, 0.2) is 5.13 Å². The molecule has 8 heteroatoms. The van der Waals surface area contributed by atoms with Crippen LogP contribution in [0.15, 0.2) is 55.1 Å². The van der Waals surface area contributed by atoms with Crippen molar-refractivity contribution in [3.63, 3.8) is 0 Å². The standard InChI is InChI=1S/C18H13F2N5S/c1-11-2-5-13(6-3-11)23-18-24-16(14-7-4-12(19)8-15(14)20)17(26-18)25-10-21-9-22-25/h2-10H,1H3,(H,23,24). The second-order valence-corrected chi connectivity index (χ2v) is 6.61. The Balaban J connectivity index is 1.79. The summed E-state index contributed by atoms with van der Waals surface area (Å²) in [4.78, 5) is 8.43. The molecule has 0 saturated carbocycles. The van der Waals surface area contributed by atoms with Gasteiger partial charge in [0.05, 0.1) is 0 Å². The van der Waals surface area contributed by atoms with Gasteiger partial charge in [-0.3, -0.25) is 0 Å². The largest absolute Gasteiger partial charge is 0.331 e. The molecule has 2 aromatic carbocycles. The summed E-state index contributed by atoms with van der Waals surface area (Å²) >= 11 is 1.30. The predicted molar refractivity (Wildman–Crippen MR) is 96.8 cm³/mol. The monoisotopic (exact) mass is 369 g/mol. The highest BCUT2D eigenvalue weighted by Gasteiger charge is 2.19. The first-order valence-electron chi connectivity index (χ1n) is 7.75. The van der Waals surface area contributed by atoms with Crippen LogP contribution in [0, 0.1) is 18.6 Å². The number of hydrogen-bond donors (Lipinski definition) is 1. The van der Waals surface area contributed by atoms with Gasteiger partial charge in [-0.15, -0.1) is 0 Å². The summed E-state index contributed by atoms with van der Waals surface area (Å²) in [6.45, 7) is 2.01. The molecule has 2 heterocycles. The maximum absolute atomic E-state index is 14.3. The average molecular weight is 369 g/mol. The van der Waals surface area contributed by atoms with Gasteiger partial charge in [-0.2, -0.15) is 5.10 Å². The summed E-state index contributed by atoms with van der Waals surface area (Å²) in [5, 5.41) is 8.46. The van der Waals surface area contributed by atoms with Gasteiger partial charge in [-0.25, -0.2) is 23.4 Å². The van der Waals surface area contributed by atoms with E-state index in [-0.39, 0.29) is 5.56 Å². The van der Waals surface area contributed by atoms with Crippen molar-refractivity contribution in [1.29, 1.82) is 0 Å². The van der Waals surface area contributed by atoms with Crippen LogP contribution in [-0.2, 0) is 0 Å². The Hall–Kier alpha value is -3.13. The molecule has 0 aliphatic heterocycles. The minimum absolute atomic E-state index is 0.199. The lowest BCUT2D eigenvalue weighted by Crippen LogP contribution is -1.96. The molecule has 4 aromatic rings. The third kappa shape index (κ3) is 3.18. The van der Waals surface area contributed by atoms with Gasteiger partial charge in [0.2, 0.25) is 0 Å². The van der Waals surface area contributed by atoms with Gasteiger partial charge >= 0.3 is 0 Å². The van der Waals surface area contributed by atoms with E-state index < -0.39 is 11.6 Å². The molecule has 0 bridgehead atoms. The van der Waals surface area contributed by atoms with Crippen LogP contribution in [0.2, 0.25) is 0 Å². The Labute approximate surface area is 152 Å². The zero-order valence-electron chi connectivity index (χ0n) is 13.6. The molecule has 2 aromatic heterocycles. The Morgan fingerprint density at radius 2 is 1.88 bits per heavy atom. The maximum Gasteiger partial charge on any atom is 0.189 e. The zero-order valence-corrected chi connectivity index (χ0v) is 14.5. The Morgan fingerprint density at radius 1 is 1.08 bits per heavy atom. The number of thiazole rings is 1. The van der Waals surface area contributed by atoms with Crippen molar-refractivity contribution in [2.75, 3.05) is 5.32 Å². The number of halogens is 2. The van der Waals surface area contributed by atoms with Crippen molar-refractivity contribution < 1.29 is 8.78 Å². The summed E-state index contributed by atoms with van der Waals surface area (Å²) in [5.41, 5.74) is 2.57. The normalized spacial score (nSPS) is 10.9. The molecule has 0 aliphatic carbocycles. The van der Waals surface area contributed by atoms with Crippen molar-refractivity contribution in [3.8, 4) is 16.3 Å². The average Bonchev–Trinajstić information content (AvgIpc) is 3.26. The van der Waals surface area contributed by atoms with Crippen molar-refractivity contribution in [1.82, 2.24) is 19.7 Å². The highest BCUT2D eigenvalue weighted by atomic mass is 32.1. The number of aryl methyl sites for hydroxylation is 1. The fourth-order valence-electron chi connectivity index (χ4n) is 2.45. The fourth-order valence-corrected chi connectivity index (χ4v) is 3.38. The predicted octanol–water partition coefficient (Wildman–Crippen LogP) is 4.72. The summed E-state index contributed by atoms with van der Waals surface area (Å²) < 4.78 is 29.1. The van der Waals surface area contributed by atoms with Crippen molar-refractivity contribution in [2.45, 2.75) is 6.92 Å². The minimum atomic E-state index is -0.682. The number of aromatic nitrogens is 4. The van der Waals surface area contributed by atoms with E-state index in [1.807, 2.05) is 31.2 Å². The van der Waals surface area contributed by atoms with E-state index in [1.54, 1.807) is 0 Å². The van der Waals surface area contributed by atoms with E-state index in [0.29, 0.717) is 15.8 Å². The van der Waals surface area contributed by atoms with Gasteiger partial charge in [0.1, 0.15) is 35.0 Å². The Kier molecular flexibility index (Phi) is 4.18. The third-order valence-corrected chi connectivity index (χ3v) is 4.69. The minimum Gasteiger partial charge on any atom is -0.331 e. The first kappa shape index (κ1) is 16.3. The molecule has 26 heavy (non-hydrogen) atoms. The molecule has 0 saturated heterocycles. The van der Waals surface area contributed by atoms with Crippen LogP contribution < -0.4 is 5.32 Å².